The van der Waals surface area contributed by atoms with Crippen LogP contribution < -0.4 is 0 Å². The Morgan fingerprint density at radius 1 is 1.29 bits per heavy atom. The van der Waals surface area contributed by atoms with Gasteiger partial charge in [0.1, 0.15) is 0 Å². The molecule has 0 aliphatic carbocycles. The standard InChI is InChI=1S/C5H13P.Pd/c1-2-3-4-5-6;/h2-6H2,1H3;. The van der Waals surface area contributed by atoms with Crippen molar-refractivity contribution in [1.29, 1.82) is 0 Å². The molecule has 0 aromatic heterocycles. The van der Waals surface area contributed by atoms with E-state index < -0.39 is 0 Å². The van der Waals surface area contributed by atoms with E-state index in [1.165, 1.54) is 25.4 Å². The van der Waals surface area contributed by atoms with Gasteiger partial charge in [0.25, 0.3) is 0 Å². The zero-order chi connectivity index (χ0) is 4.83. The van der Waals surface area contributed by atoms with Gasteiger partial charge in [-0.3, -0.25) is 0 Å². The van der Waals surface area contributed by atoms with Gasteiger partial charge >= 0.3 is 0 Å². The summed E-state index contributed by atoms with van der Waals surface area (Å²) in [5.41, 5.74) is 0. The topological polar surface area (TPSA) is 0 Å². The SMILES string of the molecule is CCCCCP.[Pd]. The maximum Gasteiger partial charge on any atom is 0 e. The zero-order valence-corrected chi connectivity index (χ0v) is 7.43. The molecule has 0 bridgehead atoms. The molecule has 0 aromatic carbocycles. The van der Waals surface area contributed by atoms with Crippen LogP contribution in [0.15, 0.2) is 0 Å². The first kappa shape index (κ1) is 11.0. The first-order chi connectivity index (χ1) is 2.91. The Kier molecular flexibility index (Phi) is 15.9. The van der Waals surface area contributed by atoms with E-state index in [1.54, 1.807) is 0 Å². The van der Waals surface area contributed by atoms with Gasteiger partial charge in [0, 0.05) is 20.4 Å². The molecule has 0 saturated carbocycles. The van der Waals surface area contributed by atoms with Crippen LogP contribution in [0.3, 0.4) is 0 Å². The maximum absolute atomic E-state index is 2.73. The second kappa shape index (κ2) is 10.2. The first-order valence-electron chi connectivity index (χ1n) is 2.62. The van der Waals surface area contributed by atoms with Crippen LogP contribution in [-0.4, -0.2) is 6.16 Å². The Balaban J connectivity index is 0. The Labute approximate surface area is 62.3 Å². The molecule has 48 valence electrons. The molecule has 1 atom stereocenters. The van der Waals surface area contributed by atoms with Crippen molar-refractivity contribution in [1.82, 2.24) is 0 Å². The molecular weight excluding hydrogens is 197 g/mol. The van der Waals surface area contributed by atoms with E-state index in [1.807, 2.05) is 0 Å². The molecule has 0 heterocycles. The van der Waals surface area contributed by atoms with Crippen LogP contribution in [0.25, 0.3) is 0 Å². The van der Waals surface area contributed by atoms with E-state index >= 15 is 0 Å². The van der Waals surface area contributed by atoms with Crippen molar-refractivity contribution in [3.05, 3.63) is 0 Å². The molecule has 1 unspecified atom stereocenters. The molecule has 0 aliphatic heterocycles. The fourth-order valence-corrected chi connectivity index (χ4v) is 0.683. The van der Waals surface area contributed by atoms with Crippen molar-refractivity contribution in [3.63, 3.8) is 0 Å². The predicted octanol–water partition coefficient (Wildman–Crippen LogP) is 2.05. The Morgan fingerprint density at radius 2 is 1.86 bits per heavy atom. The molecule has 2 heteroatoms. The van der Waals surface area contributed by atoms with E-state index in [9.17, 15) is 0 Å². The van der Waals surface area contributed by atoms with Crippen LogP contribution in [0.4, 0.5) is 0 Å². The normalized spacial score (nSPS) is 7.71. The second-order valence-corrected chi connectivity index (χ2v) is 2.07. The molecule has 0 radical (unpaired) electrons. The summed E-state index contributed by atoms with van der Waals surface area (Å²) in [5, 5.41) is 0. The van der Waals surface area contributed by atoms with Gasteiger partial charge in [-0.15, -0.1) is 9.24 Å². The van der Waals surface area contributed by atoms with E-state index in [4.69, 9.17) is 0 Å². The third-order valence-electron chi connectivity index (χ3n) is 0.808. The monoisotopic (exact) mass is 210 g/mol. The van der Waals surface area contributed by atoms with Gasteiger partial charge in [0.2, 0.25) is 0 Å². The molecule has 0 saturated heterocycles. The minimum absolute atomic E-state index is 0. The second-order valence-electron chi connectivity index (χ2n) is 1.50. The molecule has 7 heavy (non-hydrogen) atoms. The summed E-state index contributed by atoms with van der Waals surface area (Å²) in [5.74, 6) is 0. The summed E-state index contributed by atoms with van der Waals surface area (Å²) in [7, 11) is 2.73. The van der Waals surface area contributed by atoms with E-state index in [-0.39, 0.29) is 20.4 Å². The van der Waals surface area contributed by atoms with Gasteiger partial charge in [0.15, 0.2) is 0 Å². The van der Waals surface area contributed by atoms with Gasteiger partial charge in [-0.05, 0) is 12.6 Å². The molecule has 0 spiro atoms. The van der Waals surface area contributed by atoms with E-state index in [0.29, 0.717) is 0 Å². The van der Waals surface area contributed by atoms with Crippen LogP contribution in [0, 0.1) is 0 Å². The number of hydrogen-bond donors (Lipinski definition) is 0. The number of unbranched alkanes of at least 4 members (excludes halogenated alkanes) is 2. The van der Waals surface area contributed by atoms with E-state index in [2.05, 4.69) is 16.2 Å². The van der Waals surface area contributed by atoms with Crippen LogP contribution in [0.2, 0.25) is 0 Å². The molecule has 0 nitrogen and oxygen atoms in total. The average Bonchev–Trinajstić information content (AvgIpc) is 1.61. The van der Waals surface area contributed by atoms with Crippen molar-refractivity contribution < 1.29 is 20.4 Å². The van der Waals surface area contributed by atoms with Gasteiger partial charge < -0.3 is 0 Å². The molecule has 0 aromatic rings. The quantitative estimate of drug-likeness (QED) is 0.380. The fourth-order valence-electron chi connectivity index (χ4n) is 0.394. The van der Waals surface area contributed by atoms with Gasteiger partial charge in [0.05, 0.1) is 0 Å². The molecule has 0 N–H and O–H groups in total. The maximum atomic E-state index is 2.73. The van der Waals surface area contributed by atoms with Crippen molar-refractivity contribution >= 4 is 9.24 Å². The van der Waals surface area contributed by atoms with Crippen LogP contribution in [-0.2, 0) is 20.4 Å². The fraction of sp³-hybridized carbons (Fsp3) is 1.00. The summed E-state index contributed by atoms with van der Waals surface area (Å²) in [6, 6.07) is 0. The summed E-state index contributed by atoms with van der Waals surface area (Å²) >= 11 is 0. The Hall–Kier alpha value is 1.09. The molecule has 0 rings (SSSR count). The number of hydrogen-bond acceptors (Lipinski definition) is 0. The smallest absolute Gasteiger partial charge is 0 e. The molecule has 0 aliphatic rings. The number of rotatable bonds is 3. The van der Waals surface area contributed by atoms with Crippen molar-refractivity contribution in [2.24, 2.45) is 0 Å². The third kappa shape index (κ3) is 11.0. The average molecular weight is 211 g/mol. The van der Waals surface area contributed by atoms with Gasteiger partial charge in [-0.1, -0.05) is 19.8 Å². The van der Waals surface area contributed by atoms with Gasteiger partial charge in [-0.25, -0.2) is 0 Å². The molecule has 0 fully saturated rings. The Morgan fingerprint density at radius 3 is 2.00 bits per heavy atom. The minimum atomic E-state index is 0. The van der Waals surface area contributed by atoms with E-state index in [0.717, 1.165) is 0 Å². The Bertz CT molecular complexity index is 20.0. The van der Waals surface area contributed by atoms with Gasteiger partial charge in [-0.2, -0.15) is 0 Å². The zero-order valence-electron chi connectivity index (χ0n) is 4.72. The summed E-state index contributed by atoms with van der Waals surface area (Å²) in [6.45, 7) is 2.22. The van der Waals surface area contributed by atoms with Crippen molar-refractivity contribution in [2.75, 3.05) is 6.16 Å². The minimum Gasteiger partial charge on any atom is -0.138 e. The van der Waals surface area contributed by atoms with Crippen molar-refractivity contribution in [2.45, 2.75) is 26.2 Å². The van der Waals surface area contributed by atoms with Crippen LogP contribution in [0.5, 0.6) is 0 Å². The summed E-state index contributed by atoms with van der Waals surface area (Å²) in [6.07, 6.45) is 5.38. The molecule has 0 amide bonds. The summed E-state index contributed by atoms with van der Waals surface area (Å²) < 4.78 is 0. The third-order valence-corrected chi connectivity index (χ3v) is 1.22. The molecular formula is C5H13PPd. The first-order valence-corrected chi connectivity index (χ1v) is 3.43. The predicted molar refractivity (Wildman–Crippen MR) is 34.1 cm³/mol. The van der Waals surface area contributed by atoms with Crippen molar-refractivity contribution in [3.8, 4) is 0 Å². The van der Waals surface area contributed by atoms with Crippen LogP contribution >= 0.6 is 9.24 Å². The largest absolute Gasteiger partial charge is 0.138 e. The van der Waals surface area contributed by atoms with Crippen LogP contribution in [0.1, 0.15) is 26.2 Å². The summed E-state index contributed by atoms with van der Waals surface area (Å²) in [4.78, 5) is 0.